The van der Waals surface area contributed by atoms with Gasteiger partial charge in [-0.2, -0.15) is 0 Å². The van der Waals surface area contributed by atoms with Crippen LogP contribution < -0.4 is 9.80 Å². The highest BCUT2D eigenvalue weighted by Gasteiger charge is 2.26. The molecule has 1 aliphatic carbocycles. The molecule has 2 unspecified atom stereocenters. The standard InChI is InChI=1S/C46H38N2/c1-33-30-37(26-29-45(33)48(40-18-7-4-8-19-40)41-20-13-17-36(31-41)34-14-5-3-6-15-34)35-24-27-39(28-25-35)47(2)46-32-38-16-9-10-21-42(38)43-22-11-12-23-44(43)46/h3-33,45H,1-2H3. The Balaban J connectivity index is 1.08. The Morgan fingerprint density at radius 1 is 0.479 bits per heavy atom. The van der Waals surface area contributed by atoms with Crippen LogP contribution in [-0.4, -0.2) is 13.1 Å². The smallest absolute Gasteiger partial charge is 0.0585 e. The van der Waals surface area contributed by atoms with E-state index in [9.17, 15) is 0 Å². The Labute approximate surface area is 283 Å². The van der Waals surface area contributed by atoms with Gasteiger partial charge in [-0.25, -0.2) is 0 Å². The largest absolute Gasteiger partial charge is 0.344 e. The summed E-state index contributed by atoms with van der Waals surface area (Å²) in [5.74, 6) is 0.289. The molecule has 2 heteroatoms. The zero-order valence-electron chi connectivity index (χ0n) is 27.4. The Bertz CT molecular complexity index is 2270. The Hall–Kier alpha value is -5.86. The summed E-state index contributed by atoms with van der Waals surface area (Å²) in [6.45, 7) is 2.33. The monoisotopic (exact) mass is 618 g/mol. The van der Waals surface area contributed by atoms with Gasteiger partial charge in [0.15, 0.2) is 0 Å². The van der Waals surface area contributed by atoms with Crippen LogP contribution >= 0.6 is 0 Å². The van der Waals surface area contributed by atoms with Crippen LogP contribution in [0.2, 0.25) is 0 Å². The zero-order chi connectivity index (χ0) is 32.5. The van der Waals surface area contributed by atoms with Gasteiger partial charge in [0.25, 0.3) is 0 Å². The molecule has 0 N–H and O–H groups in total. The number of allylic oxidation sites excluding steroid dienone is 2. The number of anilines is 4. The number of fused-ring (bicyclic) bond motifs is 3. The highest BCUT2D eigenvalue weighted by Crippen LogP contribution is 2.39. The molecule has 0 spiro atoms. The van der Waals surface area contributed by atoms with Gasteiger partial charge in [0.2, 0.25) is 0 Å². The lowest BCUT2D eigenvalue weighted by Gasteiger charge is -2.37. The van der Waals surface area contributed by atoms with Crippen LogP contribution in [0.4, 0.5) is 22.7 Å². The van der Waals surface area contributed by atoms with E-state index < -0.39 is 0 Å². The normalized spacial score (nSPS) is 15.8. The summed E-state index contributed by atoms with van der Waals surface area (Å²) in [4.78, 5) is 4.79. The molecule has 0 aliphatic heterocycles. The van der Waals surface area contributed by atoms with Gasteiger partial charge < -0.3 is 9.80 Å². The van der Waals surface area contributed by atoms with Gasteiger partial charge in [0.05, 0.1) is 6.04 Å². The van der Waals surface area contributed by atoms with Gasteiger partial charge in [-0.1, -0.05) is 146 Å². The fraction of sp³-hybridized carbons (Fsp3) is 0.0870. The quantitative estimate of drug-likeness (QED) is 0.164. The predicted octanol–water partition coefficient (Wildman–Crippen LogP) is 12.2. The van der Waals surface area contributed by atoms with E-state index in [1.165, 1.54) is 66.6 Å². The van der Waals surface area contributed by atoms with Crippen molar-refractivity contribution in [3.63, 3.8) is 0 Å². The minimum atomic E-state index is 0.175. The number of hydrogen-bond donors (Lipinski definition) is 0. The second-order valence-corrected chi connectivity index (χ2v) is 12.7. The second kappa shape index (κ2) is 12.7. The summed E-state index contributed by atoms with van der Waals surface area (Å²) in [6, 6.07) is 59.2. The third-order valence-corrected chi connectivity index (χ3v) is 9.71. The molecule has 7 aromatic rings. The Morgan fingerprint density at radius 3 is 1.85 bits per heavy atom. The molecule has 0 saturated heterocycles. The molecule has 0 bridgehead atoms. The molecule has 2 nitrogen and oxygen atoms in total. The molecule has 0 amide bonds. The summed E-state index contributed by atoms with van der Waals surface area (Å²) in [6.07, 6.45) is 7.11. The Morgan fingerprint density at radius 2 is 1.10 bits per heavy atom. The summed E-state index contributed by atoms with van der Waals surface area (Å²) < 4.78 is 0. The summed E-state index contributed by atoms with van der Waals surface area (Å²) in [5, 5.41) is 5.09. The van der Waals surface area contributed by atoms with Gasteiger partial charge in [-0.3, -0.25) is 0 Å². The van der Waals surface area contributed by atoms with Gasteiger partial charge in [0.1, 0.15) is 0 Å². The first-order chi connectivity index (χ1) is 23.6. The molecule has 0 heterocycles. The first-order valence-electron chi connectivity index (χ1n) is 16.8. The number of nitrogens with zero attached hydrogens (tertiary/aromatic N) is 2. The number of hydrogen-bond acceptors (Lipinski definition) is 2. The van der Waals surface area contributed by atoms with Gasteiger partial charge >= 0.3 is 0 Å². The maximum atomic E-state index is 2.48. The SMILES string of the molecule is CC1C=C(c2ccc(N(C)c3cc4ccccc4c4ccccc34)cc2)C=CC1N(c1ccccc1)c1cccc(-c2ccccc2)c1. The highest BCUT2D eigenvalue weighted by atomic mass is 15.2. The predicted molar refractivity (Wildman–Crippen MR) is 206 cm³/mol. The second-order valence-electron chi connectivity index (χ2n) is 12.7. The van der Waals surface area contributed by atoms with Crippen LogP contribution in [0, 0.1) is 5.92 Å². The lowest BCUT2D eigenvalue weighted by molar-refractivity contribution is 0.611. The lowest BCUT2D eigenvalue weighted by Crippen LogP contribution is -2.35. The van der Waals surface area contributed by atoms with Crippen molar-refractivity contribution in [2.24, 2.45) is 5.92 Å². The van der Waals surface area contributed by atoms with E-state index in [1.54, 1.807) is 0 Å². The molecule has 232 valence electrons. The molecule has 0 saturated carbocycles. The zero-order valence-corrected chi connectivity index (χ0v) is 27.4. The molecule has 2 atom stereocenters. The average Bonchev–Trinajstić information content (AvgIpc) is 3.16. The maximum absolute atomic E-state index is 2.48. The topological polar surface area (TPSA) is 6.48 Å². The van der Waals surface area contributed by atoms with Crippen molar-refractivity contribution < 1.29 is 0 Å². The van der Waals surface area contributed by atoms with Crippen molar-refractivity contribution in [2.45, 2.75) is 13.0 Å². The molecule has 7 aromatic carbocycles. The van der Waals surface area contributed by atoms with Crippen molar-refractivity contribution in [3.8, 4) is 11.1 Å². The molecule has 0 aromatic heterocycles. The lowest BCUT2D eigenvalue weighted by atomic mass is 9.88. The molecular weight excluding hydrogens is 581 g/mol. The first-order valence-corrected chi connectivity index (χ1v) is 16.8. The van der Waals surface area contributed by atoms with Crippen LogP contribution in [0.5, 0.6) is 0 Å². The van der Waals surface area contributed by atoms with E-state index in [0.29, 0.717) is 0 Å². The summed E-state index contributed by atoms with van der Waals surface area (Å²) in [7, 11) is 2.17. The number of benzene rings is 7. The number of rotatable bonds is 7. The summed E-state index contributed by atoms with van der Waals surface area (Å²) >= 11 is 0. The fourth-order valence-electron chi connectivity index (χ4n) is 7.21. The van der Waals surface area contributed by atoms with E-state index in [-0.39, 0.29) is 12.0 Å². The summed E-state index contributed by atoms with van der Waals surface area (Å²) in [5.41, 5.74) is 9.69. The van der Waals surface area contributed by atoms with Crippen molar-refractivity contribution in [2.75, 3.05) is 16.8 Å². The van der Waals surface area contributed by atoms with Gasteiger partial charge in [0, 0.05) is 35.2 Å². The van der Waals surface area contributed by atoms with Crippen molar-refractivity contribution in [1.29, 1.82) is 0 Å². The van der Waals surface area contributed by atoms with E-state index in [1.807, 2.05) is 0 Å². The van der Waals surface area contributed by atoms with Crippen LogP contribution in [0.25, 0.3) is 38.2 Å². The van der Waals surface area contributed by atoms with Crippen LogP contribution in [0.15, 0.2) is 182 Å². The van der Waals surface area contributed by atoms with Gasteiger partial charge in [-0.05, 0) is 86.8 Å². The van der Waals surface area contributed by atoms with E-state index in [4.69, 9.17) is 0 Å². The third-order valence-electron chi connectivity index (χ3n) is 9.71. The Kier molecular flexibility index (Phi) is 7.84. The van der Waals surface area contributed by atoms with E-state index >= 15 is 0 Å². The van der Waals surface area contributed by atoms with E-state index in [2.05, 4.69) is 206 Å². The maximum Gasteiger partial charge on any atom is 0.0585 e. The van der Waals surface area contributed by atoms with Gasteiger partial charge in [-0.15, -0.1) is 0 Å². The first kappa shape index (κ1) is 29.5. The van der Waals surface area contributed by atoms with Crippen LogP contribution in [-0.2, 0) is 0 Å². The minimum Gasteiger partial charge on any atom is -0.344 e. The molecule has 0 radical (unpaired) electrons. The molecule has 8 rings (SSSR count). The molecular formula is C46H38N2. The fourth-order valence-corrected chi connectivity index (χ4v) is 7.21. The molecule has 48 heavy (non-hydrogen) atoms. The van der Waals surface area contributed by atoms with Crippen molar-refractivity contribution in [1.82, 2.24) is 0 Å². The minimum absolute atomic E-state index is 0.175. The van der Waals surface area contributed by atoms with Crippen LogP contribution in [0.3, 0.4) is 0 Å². The third kappa shape index (κ3) is 5.56. The van der Waals surface area contributed by atoms with Crippen molar-refractivity contribution in [3.05, 3.63) is 188 Å². The van der Waals surface area contributed by atoms with E-state index in [0.717, 1.165) is 0 Å². The molecule has 0 fully saturated rings. The molecule has 1 aliphatic rings. The average molecular weight is 619 g/mol. The number of para-hydroxylation sites is 1. The van der Waals surface area contributed by atoms with Crippen molar-refractivity contribution >= 4 is 49.9 Å². The highest BCUT2D eigenvalue weighted by molar-refractivity contribution is 6.13. The van der Waals surface area contributed by atoms with Crippen LogP contribution in [0.1, 0.15) is 12.5 Å².